The lowest BCUT2D eigenvalue weighted by Gasteiger charge is -2.42. The lowest BCUT2D eigenvalue weighted by Crippen LogP contribution is -2.62. The molecule has 2 rings (SSSR count). The lowest BCUT2D eigenvalue weighted by molar-refractivity contribution is -0.166. The summed E-state index contributed by atoms with van der Waals surface area (Å²) in [7, 11) is 2.73. The smallest absolute Gasteiger partial charge is 0.331 e. The highest BCUT2D eigenvalue weighted by Gasteiger charge is 2.43. The molecule has 8 atom stereocenters. The van der Waals surface area contributed by atoms with Crippen LogP contribution in [0, 0.1) is 23.7 Å². The Hall–Kier alpha value is -5.79. The van der Waals surface area contributed by atoms with Crippen molar-refractivity contribution in [2.45, 2.75) is 149 Å². The number of benzene rings is 1. The number of amides is 8. The van der Waals surface area contributed by atoms with E-state index in [0.717, 1.165) is 4.90 Å². The second-order valence-electron chi connectivity index (χ2n) is 17.4. The normalized spacial score (nSPS) is 17.2. The zero-order valence-corrected chi connectivity index (χ0v) is 38.8. The number of likely N-dealkylation sites (tertiary alicyclic amines) is 1. The summed E-state index contributed by atoms with van der Waals surface area (Å²) in [6.07, 6.45) is -2.71. The Bertz CT molecular complexity index is 1810. The fraction of sp³-hybridized carbons (Fsp3) is 0.659. The monoisotopic (exact) mass is 903 g/mol. The molecule has 358 valence electrons. The summed E-state index contributed by atoms with van der Waals surface area (Å²) >= 11 is 0. The molecule has 0 saturated carbocycles. The minimum atomic E-state index is -2.15. The summed E-state index contributed by atoms with van der Waals surface area (Å²) in [4.78, 5) is 124. The van der Waals surface area contributed by atoms with Gasteiger partial charge >= 0.3 is 5.97 Å². The largest absolute Gasteiger partial charge is 0.508 e. The predicted molar refractivity (Wildman–Crippen MR) is 234 cm³/mol. The van der Waals surface area contributed by atoms with Gasteiger partial charge in [-0.05, 0) is 61.1 Å². The average molecular weight is 903 g/mol. The first-order valence-electron chi connectivity index (χ1n) is 21.9. The summed E-state index contributed by atoms with van der Waals surface area (Å²) in [6.45, 7) is 13.5. The summed E-state index contributed by atoms with van der Waals surface area (Å²) < 4.78 is 5.65. The van der Waals surface area contributed by atoms with Crippen LogP contribution in [0.2, 0.25) is 0 Å². The number of aliphatic hydroxyl groups is 1. The minimum absolute atomic E-state index is 0.0516. The van der Waals surface area contributed by atoms with Gasteiger partial charge < -0.3 is 57.1 Å². The number of carbonyl (C=O) groups excluding carboxylic acids is 9. The first-order chi connectivity index (χ1) is 29.9. The molecule has 9 N–H and O–H groups in total. The van der Waals surface area contributed by atoms with Gasteiger partial charge in [0.1, 0.15) is 42.2 Å². The maximum absolute atomic E-state index is 14.5. The van der Waals surface area contributed by atoms with E-state index in [-0.39, 0.29) is 50.2 Å². The Morgan fingerprint density at radius 3 is 1.98 bits per heavy atom. The summed E-state index contributed by atoms with van der Waals surface area (Å²) in [5, 5.41) is 33.3. The standard InChI is InChI=1S/C44H70N8O12/c1-11-26(8)36(52-33(55)13-12-14-34(52)56)43(62)51(10)31(22-27-15-17-28(53)18-16-27)40(60)49-35(24(4)5)44(63)64-42(41(61)48-30(21-23(2)3)38(58)46-9)50-39(59)29(19-20-32(45)54)47-37(57)25(6)7/h15-18,23-26,29-31,33,35-36,42,53,55H,11-14,19-22H2,1-10H3,(H2,45,54)(H,46,58)(H,47,57)(H,48,61)(H,49,60)(H,50,59)/t26?,29-,30-,31-,33-,35-,36-,42?/m0/s1. The van der Waals surface area contributed by atoms with Gasteiger partial charge in [-0.25, -0.2) is 4.79 Å². The Labute approximate surface area is 375 Å². The molecule has 1 aromatic rings. The number of likely N-dealkylation sites (N-methyl/N-ethyl adjacent to an activating group) is 2. The Morgan fingerprint density at radius 2 is 1.47 bits per heavy atom. The van der Waals surface area contributed by atoms with E-state index in [1.807, 2.05) is 6.92 Å². The molecular formula is C44H70N8O12. The van der Waals surface area contributed by atoms with E-state index >= 15 is 0 Å². The van der Waals surface area contributed by atoms with Crippen LogP contribution in [0.1, 0.15) is 106 Å². The number of ether oxygens (including phenoxy) is 1. The van der Waals surface area contributed by atoms with Gasteiger partial charge in [0.2, 0.25) is 41.4 Å². The van der Waals surface area contributed by atoms with E-state index in [9.17, 15) is 53.4 Å². The fourth-order valence-corrected chi connectivity index (χ4v) is 7.03. The van der Waals surface area contributed by atoms with Crippen molar-refractivity contribution in [1.82, 2.24) is 36.4 Å². The van der Waals surface area contributed by atoms with Gasteiger partial charge in [0.05, 0.1) is 0 Å². The number of primary amides is 1. The highest BCUT2D eigenvalue weighted by molar-refractivity contribution is 5.97. The van der Waals surface area contributed by atoms with Gasteiger partial charge in [0.25, 0.3) is 12.1 Å². The summed E-state index contributed by atoms with van der Waals surface area (Å²) in [5.41, 5.74) is 5.83. The van der Waals surface area contributed by atoms with E-state index in [4.69, 9.17) is 10.5 Å². The third kappa shape index (κ3) is 16.1. The molecule has 0 aromatic heterocycles. The second kappa shape index (κ2) is 25.5. The van der Waals surface area contributed by atoms with E-state index in [1.165, 1.54) is 31.1 Å². The molecule has 20 heteroatoms. The second-order valence-corrected chi connectivity index (χ2v) is 17.4. The van der Waals surface area contributed by atoms with Crippen LogP contribution >= 0.6 is 0 Å². The number of piperidine rings is 1. The third-order valence-electron chi connectivity index (χ3n) is 11.1. The number of nitrogens with zero attached hydrogens (tertiary/aromatic N) is 2. The van der Waals surface area contributed by atoms with E-state index in [0.29, 0.717) is 18.4 Å². The topological polar surface area (TPSA) is 296 Å². The molecule has 1 aromatic carbocycles. The van der Waals surface area contributed by atoms with E-state index in [1.54, 1.807) is 60.6 Å². The molecule has 2 unspecified atom stereocenters. The van der Waals surface area contributed by atoms with Crippen molar-refractivity contribution in [2.75, 3.05) is 14.1 Å². The maximum Gasteiger partial charge on any atom is 0.331 e. The molecule has 0 spiro atoms. The molecular weight excluding hydrogens is 833 g/mol. The fourth-order valence-electron chi connectivity index (χ4n) is 7.03. The van der Waals surface area contributed by atoms with E-state index < -0.39 is 114 Å². The maximum atomic E-state index is 14.5. The molecule has 1 aliphatic rings. The highest BCUT2D eigenvalue weighted by atomic mass is 16.6. The summed E-state index contributed by atoms with van der Waals surface area (Å²) in [5.74, 6) is -9.14. The highest BCUT2D eigenvalue weighted by Crippen LogP contribution is 2.27. The zero-order valence-electron chi connectivity index (χ0n) is 38.8. The molecule has 1 fully saturated rings. The minimum Gasteiger partial charge on any atom is -0.508 e. The van der Waals surface area contributed by atoms with Crippen LogP contribution in [0.15, 0.2) is 24.3 Å². The van der Waals surface area contributed by atoms with Crippen LogP contribution in [0.5, 0.6) is 5.75 Å². The predicted octanol–water partition coefficient (Wildman–Crippen LogP) is 0.317. The number of phenols is 1. The first-order valence-corrected chi connectivity index (χ1v) is 21.9. The van der Waals surface area contributed by atoms with Crippen molar-refractivity contribution in [3.05, 3.63) is 29.8 Å². The lowest BCUT2D eigenvalue weighted by atomic mass is 9.92. The number of carbonyl (C=O) groups is 9. The van der Waals surface area contributed by atoms with Crippen LogP contribution < -0.4 is 32.3 Å². The Morgan fingerprint density at radius 1 is 0.859 bits per heavy atom. The third-order valence-corrected chi connectivity index (χ3v) is 11.1. The number of nitrogens with one attached hydrogen (secondary N) is 5. The van der Waals surface area contributed by atoms with Crippen molar-refractivity contribution in [2.24, 2.45) is 29.4 Å². The van der Waals surface area contributed by atoms with Gasteiger partial charge in [-0.2, -0.15) is 0 Å². The first kappa shape index (κ1) is 54.3. The van der Waals surface area contributed by atoms with Crippen molar-refractivity contribution < 1.29 is 58.1 Å². The van der Waals surface area contributed by atoms with Crippen molar-refractivity contribution in [3.63, 3.8) is 0 Å². The van der Waals surface area contributed by atoms with Gasteiger partial charge in [0, 0.05) is 39.3 Å². The molecule has 20 nitrogen and oxygen atoms in total. The number of aromatic hydroxyl groups is 1. The quantitative estimate of drug-likeness (QED) is 0.0514. The number of nitrogens with two attached hydrogens (primary N) is 1. The van der Waals surface area contributed by atoms with Crippen LogP contribution in [-0.2, 0) is 54.3 Å². The van der Waals surface area contributed by atoms with Crippen LogP contribution in [-0.4, -0.2) is 130 Å². The van der Waals surface area contributed by atoms with Crippen molar-refractivity contribution in [1.29, 1.82) is 0 Å². The average Bonchev–Trinajstić information content (AvgIpc) is 3.22. The van der Waals surface area contributed by atoms with Gasteiger partial charge in [-0.15, -0.1) is 0 Å². The molecule has 0 bridgehead atoms. The van der Waals surface area contributed by atoms with E-state index in [2.05, 4.69) is 26.6 Å². The van der Waals surface area contributed by atoms with Crippen molar-refractivity contribution >= 4 is 53.2 Å². The molecule has 1 saturated heterocycles. The molecule has 8 amide bonds. The van der Waals surface area contributed by atoms with Crippen LogP contribution in [0.25, 0.3) is 0 Å². The van der Waals surface area contributed by atoms with Gasteiger partial charge in [0.15, 0.2) is 0 Å². The Balaban J connectivity index is 2.61. The van der Waals surface area contributed by atoms with Crippen molar-refractivity contribution in [3.8, 4) is 5.75 Å². The molecule has 0 radical (unpaired) electrons. The van der Waals surface area contributed by atoms with Gasteiger partial charge in [-0.1, -0.05) is 73.9 Å². The van der Waals surface area contributed by atoms with Crippen LogP contribution in [0.3, 0.4) is 0 Å². The molecule has 0 aliphatic carbocycles. The summed E-state index contributed by atoms with van der Waals surface area (Å²) in [6, 6.07) is -0.707. The zero-order chi connectivity index (χ0) is 48.6. The Kier molecular flexibility index (Phi) is 21.6. The number of phenolic OH excluding ortho intramolecular Hbond substituents is 1. The van der Waals surface area contributed by atoms with Crippen LogP contribution in [0.4, 0.5) is 0 Å². The molecule has 1 heterocycles. The number of hydrogen-bond donors (Lipinski definition) is 8. The number of hydrogen-bond acceptors (Lipinski definition) is 12. The SMILES string of the molecule is CCC(C)[C@@H](C(=O)N(C)[C@@H](Cc1ccc(O)cc1)C(=O)N[C@H](C(=O)OC(NC(=O)[C@H](CCC(N)=O)NC(=O)C(C)C)C(=O)N[C@@H](CC(C)C)C(=O)NC)C(C)C)N1C(=O)CCC[C@@H]1O. The number of rotatable bonds is 24. The molecule has 1 aliphatic heterocycles. The number of aliphatic hydroxyl groups excluding tert-OH is 1. The molecule has 64 heavy (non-hydrogen) atoms. The number of esters is 1. The van der Waals surface area contributed by atoms with Gasteiger partial charge in [-0.3, -0.25) is 38.4 Å².